The lowest BCUT2D eigenvalue weighted by Crippen LogP contribution is -2.39. The molecule has 0 saturated heterocycles. The Morgan fingerprint density at radius 2 is 1.79 bits per heavy atom. The van der Waals surface area contributed by atoms with E-state index in [1.807, 2.05) is 68.4 Å². The van der Waals surface area contributed by atoms with Gasteiger partial charge in [-0.25, -0.2) is 0 Å². The van der Waals surface area contributed by atoms with Crippen molar-refractivity contribution in [1.29, 1.82) is 0 Å². The largest absolute Gasteiger partial charge is 0.484 e. The summed E-state index contributed by atoms with van der Waals surface area (Å²) in [6.45, 7) is 6.25. The topological polar surface area (TPSA) is 68.5 Å². The number of rotatable bonds is 9. The van der Waals surface area contributed by atoms with E-state index < -0.39 is 0 Å². The number of carbonyl (C=O) groups is 1. The molecule has 0 radical (unpaired) electrons. The zero-order valence-corrected chi connectivity index (χ0v) is 19.3. The SMILES string of the molecule is CCCc1ccc(OCC(=O)N(Cc2nc(-c3ccc4ccccc4c3)no2)C(C)C)cc1. The van der Waals surface area contributed by atoms with Crippen LogP contribution in [-0.2, 0) is 17.8 Å². The van der Waals surface area contributed by atoms with Crippen molar-refractivity contribution in [3.8, 4) is 17.1 Å². The lowest BCUT2D eigenvalue weighted by atomic mass is 10.1. The van der Waals surface area contributed by atoms with Crippen molar-refractivity contribution >= 4 is 16.7 Å². The number of ether oxygens (including phenoxy) is 1. The predicted octanol–water partition coefficient (Wildman–Crippen LogP) is 5.66. The first-order chi connectivity index (χ1) is 16.0. The molecule has 0 unspecified atom stereocenters. The fraction of sp³-hybridized carbons (Fsp3) is 0.296. The highest BCUT2D eigenvalue weighted by atomic mass is 16.5. The van der Waals surface area contributed by atoms with Gasteiger partial charge in [0.25, 0.3) is 5.91 Å². The van der Waals surface area contributed by atoms with Crippen LogP contribution in [0, 0.1) is 0 Å². The summed E-state index contributed by atoms with van der Waals surface area (Å²) < 4.78 is 11.2. The third-order valence-corrected chi connectivity index (χ3v) is 5.55. The first-order valence-electron chi connectivity index (χ1n) is 11.4. The maximum atomic E-state index is 12.9. The van der Waals surface area contributed by atoms with Gasteiger partial charge in [0.2, 0.25) is 11.7 Å². The van der Waals surface area contributed by atoms with Crippen molar-refractivity contribution in [1.82, 2.24) is 15.0 Å². The summed E-state index contributed by atoms with van der Waals surface area (Å²) >= 11 is 0. The number of aryl methyl sites for hydroxylation is 1. The summed E-state index contributed by atoms with van der Waals surface area (Å²) in [5.74, 6) is 1.45. The average Bonchev–Trinajstić information content (AvgIpc) is 3.30. The lowest BCUT2D eigenvalue weighted by Gasteiger charge is -2.25. The molecule has 0 aliphatic heterocycles. The summed E-state index contributed by atoms with van der Waals surface area (Å²) in [5, 5.41) is 6.39. The molecule has 0 atom stereocenters. The van der Waals surface area contributed by atoms with Gasteiger partial charge in [-0.3, -0.25) is 4.79 Å². The molecule has 6 nitrogen and oxygen atoms in total. The van der Waals surface area contributed by atoms with Gasteiger partial charge < -0.3 is 14.2 Å². The Morgan fingerprint density at radius 1 is 1.03 bits per heavy atom. The first kappa shape index (κ1) is 22.5. The molecule has 0 aliphatic rings. The summed E-state index contributed by atoms with van der Waals surface area (Å²) in [5.41, 5.74) is 2.14. The molecule has 0 fully saturated rings. The van der Waals surface area contributed by atoms with Gasteiger partial charge in [-0.2, -0.15) is 4.98 Å². The Labute approximate surface area is 194 Å². The number of hydrogen-bond acceptors (Lipinski definition) is 5. The minimum atomic E-state index is -0.131. The molecule has 1 amide bonds. The van der Waals surface area contributed by atoms with Crippen molar-refractivity contribution in [2.45, 2.75) is 46.2 Å². The average molecular weight is 444 g/mol. The van der Waals surface area contributed by atoms with Gasteiger partial charge in [-0.1, -0.05) is 67.0 Å². The van der Waals surface area contributed by atoms with Gasteiger partial charge in [0, 0.05) is 11.6 Å². The number of hydrogen-bond donors (Lipinski definition) is 0. The van der Waals surface area contributed by atoms with Gasteiger partial charge >= 0.3 is 0 Å². The van der Waals surface area contributed by atoms with Crippen LogP contribution in [-0.4, -0.2) is 33.6 Å². The molecular weight excluding hydrogens is 414 g/mol. The maximum absolute atomic E-state index is 12.9. The lowest BCUT2D eigenvalue weighted by molar-refractivity contribution is -0.136. The van der Waals surface area contributed by atoms with Gasteiger partial charge in [-0.05, 0) is 54.8 Å². The third-order valence-electron chi connectivity index (χ3n) is 5.55. The number of carbonyl (C=O) groups excluding carboxylic acids is 1. The van der Waals surface area contributed by atoms with Gasteiger partial charge in [0.15, 0.2) is 6.61 Å². The molecule has 1 heterocycles. The van der Waals surface area contributed by atoms with Gasteiger partial charge in [-0.15, -0.1) is 0 Å². The van der Waals surface area contributed by atoms with E-state index in [1.165, 1.54) is 5.56 Å². The number of nitrogens with zero attached hydrogens (tertiary/aromatic N) is 3. The highest BCUT2D eigenvalue weighted by Crippen LogP contribution is 2.23. The fourth-order valence-corrected chi connectivity index (χ4v) is 3.74. The van der Waals surface area contributed by atoms with Crippen LogP contribution < -0.4 is 4.74 Å². The second-order valence-electron chi connectivity index (χ2n) is 8.37. The Hall–Kier alpha value is -3.67. The van der Waals surface area contributed by atoms with Crippen LogP contribution in [0.5, 0.6) is 5.75 Å². The highest BCUT2D eigenvalue weighted by Gasteiger charge is 2.21. The van der Waals surface area contributed by atoms with Crippen LogP contribution in [0.2, 0.25) is 0 Å². The summed E-state index contributed by atoms with van der Waals surface area (Å²) in [6, 6.07) is 22.0. The molecule has 0 saturated carbocycles. The quantitative estimate of drug-likeness (QED) is 0.334. The predicted molar refractivity (Wildman–Crippen MR) is 129 cm³/mol. The van der Waals surface area contributed by atoms with E-state index in [4.69, 9.17) is 9.26 Å². The van der Waals surface area contributed by atoms with Crippen molar-refractivity contribution in [2.24, 2.45) is 0 Å². The van der Waals surface area contributed by atoms with Crippen LogP contribution in [0.1, 0.15) is 38.6 Å². The van der Waals surface area contributed by atoms with E-state index in [9.17, 15) is 4.79 Å². The summed E-state index contributed by atoms with van der Waals surface area (Å²) in [4.78, 5) is 19.1. The molecule has 6 heteroatoms. The number of amides is 1. The van der Waals surface area contributed by atoms with Crippen LogP contribution in [0.25, 0.3) is 22.2 Å². The number of fused-ring (bicyclic) bond motifs is 1. The minimum Gasteiger partial charge on any atom is -0.484 e. The smallest absolute Gasteiger partial charge is 0.261 e. The second kappa shape index (κ2) is 10.3. The van der Waals surface area contributed by atoms with Crippen LogP contribution in [0.15, 0.2) is 71.3 Å². The van der Waals surface area contributed by atoms with E-state index in [2.05, 4.69) is 29.2 Å². The van der Waals surface area contributed by atoms with Crippen molar-refractivity contribution in [3.63, 3.8) is 0 Å². The Morgan fingerprint density at radius 3 is 2.52 bits per heavy atom. The fourth-order valence-electron chi connectivity index (χ4n) is 3.74. The molecule has 0 spiro atoms. The third kappa shape index (κ3) is 5.58. The van der Waals surface area contributed by atoms with E-state index in [0.717, 1.165) is 29.2 Å². The van der Waals surface area contributed by atoms with E-state index in [0.29, 0.717) is 17.5 Å². The Kier molecular flexibility index (Phi) is 7.03. The second-order valence-corrected chi connectivity index (χ2v) is 8.37. The van der Waals surface area contributed by atoms with E-state index >= 15 is 0 Å². The molecule has 170 valence electrons. The molecule has 4 rings (SSSR count). The Balaban J connectivity index is 1.41. The normalized spacial score (nSPS) is 11.2. The molecule has 0 bridgehead atoms. The monoisotopic (exact) mass is 443 g/mol. The highest BCUT2D eigenvalue weighted by molar-refractivity contribution is 5.86. The molecule has 0 N–H and O–H groups in total. The molecule has 3 aromatic carbocycles. The maximum Gasteiger partial charge on any atom is 0.261 e. The molecular formula is C27H29N3O3. The summed E-state index contributed by atoms with van der Waals surface area (Å²) in [6.07, 6.45) is 2.13. The first-order valence-corrected chi connectivity index (χ1v) is 11.4. The molecule has 33 heavy (non-hydrogen) atoms. The van der Waals surface area contributed by atoms with Crippen LogP contribution in [0.4, 0.5) is 0 Å². The van der Waals surface area contributed by atoms with E-state index in [-0.39, 0.29) is 25.1 Å². The molecule has 1 aromatic heterocycles. The Bertz CT molecular complexity index is 1210. The van der Waals surface area contributed by atoms with Crippen molar-refractivity contribution < 1.29 is 14.1 Å². The zero-order valence-electron chi connectivity index (χ0n) is 19.3. The summed E-state index contributed by atoms with van der Waals surface area (Å²) in [7, 11) is 0. The zero-order chi connectivity index (χ0) is 23.2. The number of aromatic nitrogens is 2. The van der Waals surface area contributed by atoms with Gasteiger partial charge in [0.05, 0.1) is 0 Å². The standard InChI is InChI=1S/C27H29N3O3/c1-4-7-20-10-14-24(15-11-20)32-18-26(31)30(19(2)3)17-25-28-27(29-33-25)23-13-12-21-8-5-6-9-22(21)16-23/h5-6,8-16,19H,4,7,17-18H2,1-3H3. The molecule has 4 aromatic rings. The molecule has 0 aliphatic carbocycles. The van der Waals surface area contributed by atoms with Crippen LogP contribution in [0.3, 0.4) is 0 Å². The minimum absolute atomic E-state index is 0.0379. The van der Waals surface area contributed by atoms with Crippen LogP contribution >= 0.6 is 0 Å². The van der Waals surface area contributed by atoms with Crippen molar-refractivity contribution in [2.75, 3.05) is 6.61 Å². The van der Waals surface area contributed by atoms with E-state index in [1.54, 1.807) is 4.90 Å². The number of benzene rings is 3. The van der Waals surface area contributed by atoms with Gasteiger partial charge in [0.1, 0.15) is 12.3 Å². The van der Waals surface area contributed by atoms with Crippen molar-refractivity contribution in [3.05, 3.63) is 78.2 Å².